The fraction of sp³-hybridized carbons (Fsp3) is 0.588. The molecule has 1 atom stereocenters. The molecule has 1 heterocycles. The summed E-state index contributed by atoms with van der Waals surface area (Å²) in [5, 5.41) is 9.71. The van der Waals surface area contributed by atoms with Gasteiger partial charge in [0.1, 0.15) is 11.8 Å². The molecular weight excluding hydrogens is 296 g/mol. The normalized spacial score (nSPS) is 17.2. The van der Waals surface area contributed by atoms with Gasteiger partial charge in [0, 0.05) is 31.7 Å². The third-order valence-corrected chi connectivity index (χ3v) is 4.23. The van der Waals surface area contributed by atoms with Gasteiger partial charge in [-0.15, -0.1) is 0 Å². The molecule has 128 valence electrons. The Labute approximate surface area is 137 Å². The Morgan fingerprint density at radius 1 is 1.43 bits per heavy atom. The van der Waals surface area contributed by atoms with E-state index in [1.807, 2.05) is 37.1 Å². The molecule has 1 N–H and O–H groups in total. The molecule has 0 unspecified atom stereocenters. The maximum atomic E-state index is 11.8. The summed E-state index contributed by atoms with van der Waals surface area (Å²) in [6.45, 7) is 6.76. The molecule has 0 amide bonds. The lowest BCUT2D eigenvalue weighted by atomic mass is 10.0. The van der Waals surface area contributed by atoms with Crippen LogP contribution >= 0.6 is 0 Å². The van der Waals surface area contributed by atoms with E-state index < -0.39 is 12.0 Å². The van der Waals surface area contributed by atoms with Crippen molar-refractivity contribution in [3.05, 3.63) is 29.3 Å². The van der Waals surface area contributed by atoms with Crippen LogP contribution in [0.5, 0.6) is 5.75 Å². The summed E-state index contributed by atoms with van der Waals surface area (Å²) in [5.74, 6) is -0.250. The van der Waals surface area contributed by atoms with E-state index in [4.69, 9.17) is 9.47 Å². The summed E-state index contributed by atoms with van der Waals surface area (Å²) in [4.78, 5) is 16.0. The van der Waals surface area contributed by atoms with Gasteiger partial charge in [-0.05, 0) is 20.0 Å². The number of rotatable bonds is 7. The van der Waals surface area contributed by atoms with Gasteiger partial charge in [-0.2, -0.15) is 0 Å². The van der Waals surface area contributed by atoms with E-state index in [0.717, 1.165) is 38.4 Å². The predicted molar refractivity (Wildman–Crippen MR) is 88.0 cm³/mol. The van der Waals surface area contributed by atoms with Crippen molar-refractivity contribution in [2.24, 2.45) is 0 Å². The van der Waals surface area contributed by atoms with Crippen LogP contribution in [0.2, 0.25) is 0 Å². The Balaban J connectivity index is 2.10. The van der Waals surface area contributed by atoms with Gasteiger partial charge in [0.2, 0.25) is 0 Å². The Bertz CT molecular complexity index is 529. The number of morpholine rings is 1. The zero-order valence-corrected chi connectivity index (χ0v) is 14.1. The zero-order chi connectivity index (χ0) is 16.8. The second kappa shape index (κ2) is 8.29. The van der Waals surface area contributed by atoms with Gasteiger partial charge in [0.25, 0.3) is 0 Å². The molecular formula is C17H26N2O4. The highest BCUT2D eigenvalue weighted by atomic mass is 16.5. The smallest absolute Gasteiger partial charge is 0.325 e. The number of benzene rings is 1. The molecule has 0 aliphatic carbocycles. The van der Waals surface area contributed by atoms with E-state index in [1.54, 1.807) is 7.11 Å². The number of likely N-dealkylation sites (N-methyl/N-ethyl adjacent to an activating group) is 1. The molecule has 2 rings (SSSR count). The van der Waals surface area contributed by atoms with E-state index in [9.17, 15) is 9.90 Å². The zero-order valence-electron chi connectivity index (χ0n) is 14.1. The molecule has 0 aromatic heterocycles. The van der Waals surface area contributed by atoms with E-state index in [2.05, 4.69) is 4.90 Å². The summed E-state index contributed by atoms with van der Waals surface area (Å²) in [6, 6.07) is 4.93. The molecule has 1 fully saturated rings. The molecule has 0 spiro atoms. The third-order valence-electron chi connectivity index (χ3n) is 4.23. The van der Waals surface area contributed by atoms with Crippen LogP contribution in [-0.2, 0) is 9.53 Å². The maximum Gasteiger partial charge on any atom is 0.325 e. The first-order valence-corrected chi connectivity index (χ1v) is 7.90. The lowest BCUT2D eigenvalue weighted by Gasteiger charge is -2.31. The van der Waals surface area contributed by atoms with Crippen molar-refractivity contribution >= 4 is 5.97 Å². The van der Waals surface area contributed by atoms with Gasteiger partial charge in [-0.25, -0.2) is 0 Å². The van der Waals surface area contributed by atoms with Crippen molar-refractivity contribution in [3.8, 4) is 5.75 Å². The van der Waals surface area contributed by atoms with E-state index >= 15 is 0 Å². The lowest BCUT2D eigenvalue weighted by Crippen LogP contribution is -2.42. The molecule has 23 heavy (non-hydrogen) atoms. The van der Waals surface area contributed by atoms with Crippen LogP contribution < -0.4 is 4.74 Å². The largest absolute Gasteiger partial charge is 0.496 e. The number of ether oxygens (including phenoxy) is 2. The molecule has 6 nitrogen and oxygen atoms in total. The van der Waals surface area contributed by atoms with Crippen molar-refractivity contribution in [2.45, 2.75) is 13.0 Å². The number of aliphatic carboxylic acids is 1. The van der Waals surface area contributed by atoms with Gasteiger partial charge in [0.15, 0.2) is 0 Å². The van der Waals surface area contributed by atoms with E-state index in [0.29, 0.717) is 17.9 Å². The van der Waals surface area contributed by atoms with Gasteiger partial charge >= 0.3 is 5.97 Å². The number of hydrogen-bond donors (Lipinski definition) is 1. The first-order valence-electron chi connectivity index (χ1n) is 7.90. The van der Waals surface area contributed by atoms with Crippen LogP contribution in [0.4, 0.5) is 0 Å². The Morgan fingerprint density at radius 3 is 2.74 bits per heavy atom. The summed E-state index contributed by atoms with van der Waals surface area (Å²) >= 11 is 0. The number of aryl methyl sites for hydroxylation is 1. The number of carbonyl (C=O) groups is 1. The second-order valence-electron chi connectivity index (χ2n) is 5.92. The average Bonchev–Trinajstić information content (AvgIpc) is 2.54. The predicted octanol–water partition coefficient (Wildman–Crippen LogP) is 1.39. The van der Waals surface area contributed by atoms with Crippen molar-refractivity contribution in [1.82, 2.24) is 9.80 Å². The fourth-order valence-corrected chi connectivity index (χ4v) is 2.88. The highest BCUT2D eigenvalue weighted by Gasteiger charge is 2.28. The minimum Gasteiger partial charge on any atom is -0.496 e. The molecule has 1 aromatic carbocycles. The molecule has 1 aromatic rings. The monoisotopic (exact) mass is 322 g/mol. The van der Waals surface area contributed by atoms with Crippen molar-refractivity contribution in [1.29, 1.82) is 0 Å². The van der Waals surface area contributed by atoms with Crippen LogP contribution in [0.15, 0.2) is 18.2 Å². The summed E-state index contributed by atoms with van der Waals surface area (Å²) < 4.78 is 10.7. The summed E-state index contributed by atoms with van der Waals surface area (Å²) in [6.07, 6.45) is 0. The van der Waals surface area contributed by atoms with Gasteiger partial charge in [-0.1, -0.05) is 17.7 Å². The minimum atomic E-state index is -0.863. The van der Waals surface area contributed by atoms with Gasteiger partial charge in [0.05, 0.1) is 20.3 Å². The standard InChI is InChI=1S/C17H26N2O4/c1-13-4-5-15(22-3)14(12-13)16(17(20)21)18(2)6-7-19-8-10-23-11-9-19/h4-5,12,16H,6-11H2,1-3H3,(H,20,21)/t16-/m1/s1. The SMILES string of the molecule is COc1ccc(C)cc1[C@H](C(=O)O)N(C)CCN1CCOCC1. The second-order valence-corrected chi connectivity index (χ2v) is 5.92. The van der Waals surface area contributed by atoms with Crippen LogP contribution in [0.25, 0.3) is 0 Å². The number of hydrogen-bond acceptors (Lipinski definition) is 5. The van der Waals surface area contributed by atoms with Gasteiger partial charge in [-0.3, -0.25) is 14.6 Å². The highest BCUT2D eigenvalue weighted by Crippen LogP contribution is 2.30. The highest BCUT2D eigenvalue weighted by molar-refractivity contribution is 5.76. The molecule has 1 aliphatic rings. The molecule has 0 saturated carbocycles. The average molecular weight is 322 g/mol. The Hall–Kier alpha value is -1.63. The molecule has 0 radical (unpaired) electrons. The van der Waals surface area contributed by atoms with Crippen LogP contribution in [0, 0.1) is 6.92 Å². The van der Waals surface area contributed by atoms with Crippen molar-refractivity contribution < 1.29 is 19.4 Å². The number of nitrogens with zero attached hydrogens (tertiary/aromatic N) is 2. The minimum absolute atomic E-state index is 0.612. The van der Waals surface area contributed by atoms with Crippen LogP contribution in [0.3, 0.4) is 0 Å². The topological polar surface area (TPSA) is 62.2 Å². The van der Waals surface area contributed by atoms with Crippen LogP contribution in [0.1, 0.15) is 17.2 Å². The van der Waals surface area contributed by atoms with Crippen LogP contribution in [-0.4, -0.2) is 74.4 Å². The van der Waals surface area contributed by atoms with Crippen molar-refractivity contribution in [3.63, 3.8) is 0 Å². The molecule has 6 heteroatoms. The first-order chi connectivity index (χ1) is 11.0. The number of carboxylic acids is 1. The quantitative estimate of drug-likeness (QED) is 0.819. The number of carboxylic acid groups (broad SMARTS) is 1. The maximum absolute atomic E-state index is 11.8. The summed E-state index contributed by atoms with van der Waals surface area (Å²) in [7, 11) is 3.42. The first kappa shape index (κ1) is 17.7. The fourth-order valence-electron chi connectivity index (χ4n) is 2.88. The van der Waals surface area contributed by atoms with E-state index in [-0.39, 0.29) is 0 Å². The molecule has 0 bridgehead atoms. The summed E-state index contributed by atoms with van der Waals surface area (Å²) in [5.41, 5.74) is 1.72. The third kappa shape index (κ3) is 4.67. The van der Waals surface area contributed by atoms with E-state index in [1.165, 1.54) is 0 Å². The Morgan fingerprint density at radius 2 is 2.13 bits per heavy atom. The van der Waals surface area contributed by atoms with Gasteiger partial charge < -0.3 is 14.6 Å². The van der Waals surface area contributed by atoms with Crippen molar-refractivity contribution in [2.75, 3.05) is 53.6 Å². The Kier molecular flexibility index (Phi) is 6.38. The number of methoxy groups -OCH3 is 1. The molecule has 1 aliphatic heterocycles. The molecule has 1 saturated heterocycles. The lowest BCUT2D eigenvalue weighted by molar-refractivity contribution is -0.143.